The highest BCUT2D eigenvalue weighted by atomic mass is 19.1. The van der Waals surface area contributed by atoms with Gasteiger partial charge in [0.25, 0.3) is 0 Å². The van der Waals surface area contributed by atoms with Gasteiger partial charge in [-0.3, -0.25) is 0 Å². The number of hydrogen-bond donors (Lipinski definition) is 0. The Balaban J connectivity index is 2.04. The van der Waals surface area contributed by atoms with Crippen molar-refractivity contribution >= 4 is 0 Å². The van der Waals surface area contributed by atoms with E-state index in [0.29, 0.717) is 18.9 Å². The van der Waals surface area contributed by atoms with E-state index in [1.165, 1.54) is 12.1 Å². The summed E-state index contributed by atoms with van der Waals surface area (Å²) in [7, 11) is 0. The van der Waals surface area contributed by atoms with Gasteiger partial charge in [0.2, 0.25) is 0 Å². The molecule has 2 nitrogen and oxygen atoms in total. The second-order valence-electron chi connectivity index (χ2n) is 4.13. The number of rotatable bonds is 2. The fraction of sp³-hybridized carbons (Fsp3) is 0.462. The molecule has 1 saturated heterocycles. The zero-order valence-corrected chi connectivity index (χ0v) is 9.03. The summed E-state index contributed by atoms with van der Waals surface area (Å²) in [6, 6.07) is 8.77. The topological polar surface area (TPSA) is 33.0 Å². The van der Waals surface area contributed by atoms with Gasteiger partial charge >= 0.3 is 0 Å². The normalized spacial score (nSPS) is 25.0. The van der Waals surface area contributed by atoms with Crippen LogP contribution in [-0.2, 0) is 4.74 Å². The number of nitrogens with zero attached hydrogens (tertiary/aromatic N) is 1. The molecule has 3 heteroatoms. The molecule has 0 saturated carbocycles. The zero-order chi connectivity index (χ0) is 11.4. The van der Waals surface area contributed by atoms with Gasteiger partial charge in [-0.2, -0.15) is 5.26 Å². The summed E-state index contributed by atoms with van der Waals surface area (Å²) in [5.41, 5.74) is 1.15. The van der Waals surface area contributed by atoms with E-state index in [4.69, 9.17) is 10.00 Å². The third kappa shape index (κ3) is 2.59. The molecule has 1 aromatic rings. The summed E-state index contributed by atoms with van der Waals surface area (Å²) in [4.78, 5) is 0. The van der Waals surface area contributed by atoms with Gasteiger partial charge in [-0.25, -0.2) is 4.39 Å². The van der Waals surface area contributed by atoms with Gasteiger partial charge in [0.15, 0.2) is 0 Å². The number of hydrogen-bond acceptors (Lipinski definition) is 2. The van der Waals surface area contributed by atoms with Crippen molar-refractivity contribution in [3.05, 3.63) is 35.6 Å². The maximum absolute atomic E-state index is 12.8. The number of ether oxygens (including phenoxy) is 1. The van der Waals surface area contributed by atoms with Crippen LogP contribution in [0.4, 0.5) is 4.39 Å². The van der Waals surface area contributed by atoms with Gasteiger partial charge in [0, 0.05) is 6.61 Å². The van der Waals surface area contributed by atoms with E-state index in [1.54, 1.807) is 0 Å². The monoisotopic (exact) mass is 219 g/mol. The maximum atomic E-state index is 12.8. The van der Waals surface area contributed by atoms with Crippen LogP contribution < -0.4 is 0 Å². The minimum atomic E-state index is -0.204. The summed E-state index contributed by atoms with van der Waals surface area (Å²) in [5, 5.41) is 8.63. The highest BCUT2D eigenvalue weighted by Gasteiger charge is 2.23. The second kappa shape index (κ2) is 5.09. The van der Waals surface area contributed by atoms with Crippen molar-refractivity contribution in [2.45, 2.75) is 31.3 Å². The third-order valence-electron chi connectivity index (χ3n) is 3.03. The molecule has 1 heterocycles. The molecule has 0 bridgehead atoms. The first-order valence-electron chi connectivity index (χ1n) is 5.53. The van der Waals surface area contributed by atoms with Crippen molar-refractivity contribution in [2.75, 3.05) is 6.61 Å². The Bertz CT molecular complexity index is 382. The summed E-state index contributed by atoms with van der Waals surface area (Å²) in [6.07, 6.45) is 2.29. The van der Waals surface area contributed by atoms with Crippen molar-refractivity contribution in [2.24, 2.45) is 0 Å². The lowest BCUT2D eigenvalue weighted by molar-refractivity contribution is 0.00987. The molecule has 0 N–H and O–H groups in total. The average Bonchev–Trinajstić information content (AvgIpc) is 2.31. The van der Waals surface area contributed by atoms with Crippen LogP contribution in [0.2, 0.25) is 0 Å². The predicted octanol–water partition coefficient (Wildman–Crippen LogP) is 3.00. The molecule has 0 spiro atoms. The Morgan fingerprint density at radius 3 is 2.81 bits per heavy atom. The number of benzene rings is 1. The van der Waals surface area contributed by atoms with Gasteiger partial charge in [-0.15, -0.1) is 0 Å². The molecular weight excluding hydrogens is 205 g/mol. The van der Waals surface area contributed by atoms with E-state index in [2.05, 4.69) is 6.07 Å². The molecule has 2 atom stereocenters. The molecule has 1 fully saturated rings. The molecule has 2 rings (SSSR count). The van der Waals surface area contributed by atoms with Gasteiger partial charge in [-0.1, -0.05) is 12.1 Å². The summed E-state index contributed by atoms with van der Waals surface area (Å²) >= 11 is 0. The quantitative estimate of drug-likeness (QED) is 0.766. The summed E-state index contributed by atoms with van der Waals surface area (Å²) < 4.78 is 18.3. The molecule has 0 aliphatic carbocycles. The van der Waals surface area contributed by atoms with Crippen LogP contribution in [0, 0.1) is 17.1 Å². The fourth-order valence-electron chi connectivity index (χ4n) is 2.16. The molecule has 0 amide bonds. The van der Waals surface area contributed by atoms with Crippen LogP contribution in [0.1, 0.15) is 30.7 Å². The molecular formula is C13H14FNO. The van der Waals surface area contributed by atoms with Crippen LogP contribution in [0.3, 0.4) is 0 Å². The van der Waals surface area contributed by atoms with E-state index in [9.17, 15) is 4.39 Å². The Morgan fingerprint density at radius 2 is 2.12 bits per heavy atom. The second-order valence-corrected chi connectivity index (χ2v) is 4.13. The van der Waals surface area contributed by atoms with E-state index in [0.717, 1.165) is 18.4 Å². The lowest BCUT2D eigenvalue weighted by Gasteiger charge is -2.28. The fourth-order valence-corrected chi connectivity index (χ4v) is 2.16. The van der Waals surface area contributed by atoms with Crippen molar-refractivity contribution in [3.63, 3.8) is 0 Å². The predicted molar refractivity (Wildman–Crippen MR) is 58.3 cm³/mol. The van der Waals surface area contributed by atoms with Crippen molar-refractivity contribution in [1.82, 2.24) is 0 Å². The molecule has 1 aliphatic rings. The minimum Gasteiger partial charge on any atom is -0.377 e. The number of halogens is 1. The highest BCUT2D eigenvalue weighted by Crippen LogP contribution is 2.31. The van der Waals surface area contributed by atoms with Crippen LogP contribution in [-0.4, -0.2) is 12.7 Å². The van der Waals surface area contributed by atoms with Crippen LogP contribution in [0.15, 0.2) is 24.3 Å². The standard InChI is InChI=1S/C13H14FNO/c14-12-3-1-10(2-4-12)11-6-8-16-13(9-11)5-7-15/h1-4,11,13H,5-6,8-9H2. The zero-order valence-electron chi connectivity index (χ0n) is 9.03. The maximum Gasteiger partial charge on any atom is 0.123 e. The first-order chi connectivity index (χ1) is 7.79. The Kier molecular flexibility index (Phi) is 3.53. The lowest BCUT2D eigenvalue weighted by Crippen LogP contribution is -2.24. The summed E-state index contributed by atoms with van der Waals surface area (Å²) in [6.45, 7) is 0.689. The summed E-state index contributed by atoms with van der Waals surface area (Å²) in [5.74, 6) is 0.192. The third-order valence-corrected chi connectivity index (χ3v) is 3.03. The molecule has 1 aromatic carbocycles. The Hall–Kier alpha value is -1.40. The van der Waals surface area contributed by atoms with Gasteiger partial charge in [0.05, 0.1) is 18.6 Å². The largest absolute Gasteiger partial charge is 0.377 e. The van der Waals surface area contributed by atoms with Crippen LogP contribution >= 0.6 is 0 Å². The first-order valence-corrected chi connectivity index (χ1v) is 5.53. The van der Waals surface area contributed by atoms with Crippen molar-refractivity contribution in [1.29, 1.82) is 5.26 Å². The van der Waals surface area contributed by atoms with Gasteiger partial charge in [0.1, 0.15) is 5.82 Å². The minimum absolute atomic E-state index is 0.0359. The van der Waals surface area contributed by atoms with E-state index >= 15 is 0 Å². The lowest BCUT2D eigenvalue weighted by atomic mass is 9.88. The Morgan fingerprint density at radius 1 is 1.38 bits per heavy atom. The molecule has 2 unspecified atom stereocenters. The molecule has 0 aromatic heterocycles. The molecule has 0 radical (unpaired) electrons. The van der Waals surface area contributed by atoms with E-state index in [-0.39, 0.29) is 11.9 Å². The molecule has 1 aliphatic heterocycles. The van der Waals surface area contributed by atoms with Gasteiger partial charge in [-0.05, 0) is 36.5 Å². The Labute approximate surface area is 94.7 Å². The first kappa shape index (κ1) is 11.1. The van der Waals surface area contributed by atoms with Crippen LogP contribution in [0.25, 0.3) is 0 Å². The average molecular weight is 219 g/mol. The number of nitriles is 1. The van der Waals surface area contributed by atoms with Crippen molar-refractivity contribution < 1.29 is 9.13 Å². The van der Waals surface area contributed by atoms with Crippen LogP contribution in [0.5, 0.6) is 0 Å². The molecule has 16 heavy (non-hydrogen) atoms. The molecule has 84 valence electrons. The van der Waals surface area contributed by atoms with Gasteiger partial charge < -0.3 is 4.74 Å². The van der Waals surface area contributed by atoms with E-state index < -0.39 is 0 Å². The van der Waals surface area contributed by atoms with Crippen molar-refractivity contribution in [3.8, 4) is 6.07 Å². The van der Waals surface area contributed by atoms with E-state index in [1.807, 2.05) is 12.1 Å². The highest BCUT2D eigenvalue weighted by molar-refractivity contribution is 5.21. The smallest absolute Gasteiger partial charge is 0.123 e. The SMILES string of the molecule is N#CCC1CC(c2ccc(F)cc2)CCO1.